The van der Waals surface area contributed by atoms with Gasteiger partial charge in [0.1, 0.15) is 12.4 Å². The van der Waals surface area contributed by atoms with Crippen LogP contribution < -0.4 is 4.31 Å². The van der Waals surface area contributed by atoms with Crippen LogP contribution in [0.2, 0.25) is 0 Å². The van der Waals surface area contributed by atoms with E-state index >= 15 is 0 Å². The number of likely N-dealkylation sites (tertiary alicyclic amines) is 1. The third-order valence-corrected chi connectivity index (χ3v) is 8.25. The molecule has 4 rings (SSSR count). The Morgan fingerprint density at radius 2 is 1.71 bits per heavy atom. The van der Waals surface area contributed by atoms with Crippen molar-refractivity contribution in [2.45, 2.75) is 51.0 Å². The second-order valence-corrected chi connectivity index (χ2v) is 11.9. The van der Waals surface area contributed by atoms with Crippen LogP contribution in [-0.2, 0) is 14.8 Å². The molecule has 5 nitrogen and oxygen atoms in total. The van der Waals surface area contributed by atoms with Gasteiger partial charge < -0.3 is 4.90 Å². The van der Waals surface area contributed by atoms with Gasteiger partial charge in [0.25, 0.3) is 10.0 Å². The molecule has 0 spiro atoms. The number of nitrogens with zero attached hydrogens (tertiary/aromatic N) is 2. The van der Waals surface area contributed by atoms with E-state index in [4.69, 9.17) is 0 Å². The van der Waals surface area contributed by atoms with E-state index in [1.54, 1.807) is 30.3 Å². The zero-order chi connectivity index (χ0) is 22.4. The highest BCUT2D eigenvalue weighted by Gasteiger charge is 2.51. The van der Waals surface area contributed by atoms with E-state index in [0.29, 0.717) is 12.2 Å². The quantitative estimate of drug-likeness (QED) is 0.685. The molecule has 166 valence electrons. The molecule has 31 heavy (non-hydrogen) atoms. The fourth-order valence-electron chi connectivity index (χ4n) is 5.61. The minimum atomic E-state index is -4.04. The predicted octanol–water partition coefficient (Wildman–Crippen LogP) is 4.45. The normalized spacial score (nSPS) is 24.8. The van der Waals surface area contributed by atoms with Gasteiger partial charge in [-0.05, 0) is 66.5 Å². The van der Waals surface area contributed by atoms with E-state index in [2.05, 4.69) is 20.8 Å². The van der Waals surface area contributed by atoms with Crippen molar-refractivity contribution >= 4 is 21.6 Å². The molecular formula is C24H29FN2O3S. The van der Waals surface area contributed by atoms with Gasteiger partial charge in [-0.15, -0.1) is 0 Å². The smallest absolute Gasteiger partial charge is 0.264 e. The van der Waals surface area contributed by atoms with Gasteiger partial charge in [0.2, 0.25) is 5.91 Å². The summed E-state index contributed by atoms with van der Waals surface area (Å²) in [5.41, 5.74) is 0.635. The van der Waals surface area contributed by atoms with Crippen molar-refractivity contribution in [3.05, 3.63) is 60.4 Å². The average molecular weight is 445 g/mol. The highest BCUT2D eigenvalue weighted by atomic mass is 32.2. The summed E-state index contributed by atoms with van der Waals surface area (Å²) in [6.45, 7) is 7.07. The van der Waals surface area contributed by atoms with Gasteiger partial charge in [0, 0.05) is 12.6 Å². The third-order valence-electron chi connectivity index (χ3n) is 6.46. The number of amides is 1. The maximum absolute atomic E-state index is 13.4. The topological polar surface area (TPSA) is 57.7 Å². The van der Waals surface area contributed by atoms with Gasteiger partial charge in [-0.1, -0.05) is 39.0 Å². The van der Waals surface area contributed by atoms with Crippen LogP contribution in [0, 0.1) is 16.6 Å². The van der Waals surface area contributed by atoms with Crippen LogP contribution >= 0.6 is 0 Å². The number of anilines is 1. The Bertz CT molecular complexity index is 1070. The summed E-state index contributed by atoms with van der Waals surface area (Å²) in [6.07, 6.45) is 2.93. The summed E-state index contributed by atoms with van der Waals surface area (Å²) in [4.78, 5) is 15.3. The zero-order valence-electron chi connectivity index (χ0n) is 18.2. The molecule has 1 saturated heterocycles. The number of carbonyl (C=O) groups is 1. The molecule has 1 amide bonds. The lowest BCUT2D eigenvalue weighted by Crippen LogP contribution is -2.45. The highest BCUT2D eigenvalue weighted by Crippen LogP contribution is 2.52. The Hall–Kier alpha value is -2.41. The van der Waals surface area contributed by atoms with Crippen molar-refractivity contribution in [3.63, 3.8) is 0 Å². The molecule has 1 heterocycles. The van der Waals surface area contributed by atoms with E-state index in [0.717, 1.165) is 35.7 Å². The van der Waals surface area contributed by atoms with Crippen LogP contribution in [0.1, 0.15) is 40.0 Å². The molecule has 2 bridgehead atoms. The average Bonchev–Trinajstić information content (AvgIpc) is 2.95. The van der Waals surface area contributed by atoms with Crippen LogP contribution in [0.5, 0.6) is 0 Å². The minimum absolute atomic E-state index is 0.0428. The van der Waals surface area contributed by atoms with Crippen molar-refractivity contribution < 1.29 is 17.6 Å². The number of rotatable bonds is 5. The molecule has 2 fully saturated rings. The van der Waals surface area contributed by atoms with Gasteiger partial charge in [0.05, 0.1) is 10.6 Å². The van der Waals surface area contributed by atoms with E-state index in [-0.39, 0.29) is 34.2 Å². The monoisotopic (exact) mass is 444 g/mol. The zero-order valence-corrected chi connectivity index (χ0v) is 19.0. The fourth-order valence-corrected chi connectivity index (χ4v) is 7.02. The SMILES string of the molecule is CC1(C)C[C@H]2C[C@@](C)(CN2C(=O)CN(c2ccccc2)S(=O)(=O)c2ccc(F)cc2)C1. The van der Waals surface area contributed by atoms with Crippen molar-refractivity contribution in [1.29, 1.82) is 0 Å². The van der Waals surface area contributed by atoms with Gasteiger partial charge in [-0.25, -0.2) is 12.8 Å². The lowest BCUT2D eigenvalue weighted by molar-refractivity contribution is -0.130. The summed E-state index contributed by atoms with van der Waals surface area (Å²) in [7, 11) is -4.04. The van der Waals surface area contributed by atoms with Crippen LogP contribution in [-0.4, -0.2) is 38.4 Å². The Kier molecular flexibility index (Phi) is 5.36. The molecule has 1 aliphatic heterocycles. The molecule has 2 aromatic carbocycles. The number of fused-ring (bicyclic) bond motifs is 2. The molecule has 0 radical (unpaired) electrons. The fraction of sp³-hybridized carbons (Fsp3) is 0.458. The molecular weight excluding hydrogens is 415 g/mol. The molecule has 0 N–H and O–H groups in total. The Labute approximate surface area is 183 Å². The Morgan fingerprint density at radius 1 is 1.06 bits per heavy atom. The first kappa shape index (κ1) is 21.8. The summed E-state index contributed by atoms with van der Waals surface area (Å²) in [5, 5.41) is 0. The van der Waals surface area contributed by atoms with E-state index < -0.39 is 15.8 Å². The van der Waals surface area contributed by atoms with Crippen LogP contribution in [0.3, 0.4) is 0 Å². The van der Waals surface area contributed by atoms with Gasteiger partial charge in [0.15, 0.2) is 0 Å². The maximum atomic E-state index is 13.4. The van der Waals surface area contributed by atoms with Crippen LogP contribution in [0.15, 0.2) is 59.5 Å². The standard InChI is InChI=1S/C24H29FN2O3S/c1-23(2)13-20-14-24(3,16-23)17-26(20)22(28)15-27(19-7-5-4-6-8-19)31(29,30)21-11-9-18(25)10-12-21/h4-12,20H,13-17H2,1-3H3/t20-,24+/m0/s1. The van der Waals surface area contributed by atoms with E-state index in [9.17, 15) is 17.6 Å². The first-order valence-electron chi connectivity index (χ1n) is 10.6. The molecule has 1 aliphatic carbocycles. The number of benzene rings is 2. The Morgan fingerprint density at radius 3 is 2.35 bits per heavy atom. The van der Waals surface area contributed by atoms with Gasteiger partial charge in [-0.2, -0.15) is 0 Å². The second kappa shape index (κ2) is 7.62. The van der Waals surface area contributed by atoms with Crippen LogP contribution in [0.25, 0.3) is 0 Å². The molecule has 2 aromatic rings. The number of hydrogen-bond acceptors (Lipinski definition) is 3. The number of halogens is 1. The van der Waals surface area contributed by atoms with Crippen molar-refractivity contribution in [1.82, 2.24) is 4.90 Å². The largest absolute Gasteiger partial charge is 0.338 e. The number of sulfonamides is 1. The lowest BCUT2D eigenvalue weighted by Gasteiger charge is -2.39. The molecule has 2 atom stereocenters. The van der Waals surface area contributed by atoms with Crippen molar-refractivity contribution in [2.24, 2.45) is 10.8 Å². The molecule has 7 heteroatoms. The van der Waals surface area contributed by atoms with E-state index in [1.807, 2.05) is 4.90 Å². The summed E-state index contributed by atoms with van der Waals surface area (Å²) >= 11 is 0. The van der Waals surface area contributed by atoms with E-state index in [1.165, 1.54) is 12.1 Å². The maximum Gasteiger partial charge on any atom is 0.264 e. The molecule has 2 aliphatic rings. The van der Waals surface area contributed by atoms with Crippen LogP contribution in [0.4, 0.5) is 10.1 Å². The third kappa shape index (κ3) is 4.33. The number of para-hydroxylation sites is 1. The summed E-state index contributed by atoms with van der Waals surface area (Å²) in [5.74, 6) is -0.706. The predicted molar refractivity (Wildman–Crippen MR) is 119 cm³/mol. The first-order valence-corrected chi connectivity index (χ1v) is 12.1. The lowest BCUT2D eigenvalue weighted by atomic mass is 9.65. The number of hydrogen-bond donors (Lipinski definition) is 0. The van der Waals surface area contributed by atoms with Gasteiger partial charge >= 0.3 is 0 Å². The minimum Gasteiger partial charge on any atom is -0.338 e. The van der Waals surface area contributed by atoms with Crippen molar-refractivity contribution in [3.8, 4) is 0 Å². The molecule has 1 saturated carbocycles. The molecule has 0 aromatic heterocycles. The second-order valence-electron chi connectivity index (χ2n) is 10.0. The first-order chi connectivity index (χ1) is 14.5. The highest BCUT2D eigenvalue weighted by molar-refractivity contribution is 7.92. The summed E-state index contributed by atoms with van der Waals surface area (Å²) in [6, 6.07) is 13.4. The summed E-state index contributed by atoms with van der Waals surface area (Å²) < 4.78 is 41.3. The van der Waals surface area contributed by atoms with Crippen molar-refractivity contribution in [2.75, 3.05) is 17.4 Å². The Balaban J connectivity index is 1.65. The van der Waals surface area contributed by atoms with Gasteiger partial charge in [-0.3, -0.25) is 9.10 Å². The molecule has 0 unspecified atom stereocenters. The number of carbonyl (C=O) groups excluding carboxylic acids is 1.